The number of methoxy groups -OCH3 is 2. The van der Waals surface area contributed by atoms with Gasteiger partial charge in [0.25, 0.3) is 0 Å². The average molecular weight is 251 g/mol. The van der Waals surface area contributed by atoms with Gasteiger partial charge in [-0.1, -0.05) is 0 Å². The highest BCUT2D eigenvalue weighted by atomic mass is 16.5. The van der Waals surface area contributed by atoms with Crippen molar-refractivity contribution in [3.05, 3.63) is 24.3 Å². The van der Waals surface area contributed by atoms with Crippen LogP contribution in [0.15, 0.2) is 29.3 Å². The Bertz CT molecular complexity index is 363. The van der Waals surface area contributed by atoms with Gasteiger partial charge in [-0.05, 0) is 37.1 Å². The number of anilines is 1. The molecule has 5 heteroatoms. The molecule has 0 saturated heterocycles. The van der Waals surface area contributed by atoms with Crippen molar-refractivity contribution in [2.75, 3.05) is 32.7 Å². The van der Waals surface area contributed by atoms with Crippen molar-refractivity contribution < 1.29 is 9.47 Å². The lowest BCUT2D eigenvalue weighted by atomic mass is 10.3. The summed E-state index contributed by atoms with van der Waals surface area (Å²) in [5.74, 6) is 1.24. The van der Waals surface area contributed by atoms with Crippen molar-refractivity contribution in [1.82, 2.24) is 0 Å². The first-order valence-corrected chi connectivity index (χ1v) is 5.96. The first-order valence-electron chi connectivity index (χ1n) is 5.96. The predicted octanol–water partition coefficient (Wildman–Crippen LogP) is 1.85. The molecule has 0 bridgehead atoms. The van der Waals surface area contributed by atoms with E-state index in [0.29, 0.717) is 12.5 Å². The second-order valence-electron chi connectivity index (χ2n) is 3.82. The summed E-state index contributed by atoms with van der Waals surface area (Å²) in [6.45, 7) is 1.47. The van der Waals surface area contributed by atoms with Crippen LogP contribution in [0.2, 0.25) is 0 Å². The number of nitrogens with zero attached hydrogens (tertiary/aromatic N) is 1. The molecule has 0 heterocycles. The summed E-state index contributed by atoms with van der Waals surface area (Å²) >= 11 is 0. The normalized spacial score (nSPS) is 11.3. The van der Waals surface area contributed by atoms with Crippen LogP contribution in [-0.2, 0) is 4.74 Å². The molecule has 1 aromatic rings. The van der Waals surface area contributed by atoms with E-state index in [1.165, 1.54) is 0 Å². The summed E-state index contributed by atoms with van der Waals surface area (Å²) in [7, 11) is 3.33. The Morgan fingerprint density at radius 3 is 2.56 bits per heavy atom. The second kappa shape index (κ2) is 8.36. The number of rotatable bonds is 7. The minimum atomic E-state index is 0.428. The SMILES string of the molecule is COCCCCN=C(N)Nc1ccc(OC)cc1. The van der Waals surface area contributed by atoms with Crippen LogP contribution in [0.4, 0.5) is 5.69 Å². The van der Waals surface area contributed by atoms with Crippen molar-refractivity contribution in [3.8, 4) is 5.75 Å². The summed E-state index contributed by atoms with van der Waals surface area (Å²) in [4.78, 5) is 4.23. The maximum Gasteiger partial charge on any atom is 0.193 e. The quantitative estimate of drug-likeness (QED) is 0.441. The molecule has 0 aliphatic carbocycles. The summed E-state index contributed by atoms with van der Waals surface area (Å²) in [6, 6.07) is 7.53. The number of hydrogen-bond acceptors (Lipinski definition) is 3. The van der Waals surface area contributed by atoms with Crippen molar-refractivity contribution >= 4 is 11.6 Å². The molecule has 0 fully saturated rings. The molecule has 1 aromatic carbocycles. The molecule has 0 radical (unpaired) electrons. The molecule has 100 valence electrons. The minimum Gasteiger partial charge on any atom is -0.497 e. The van der Waals surface area contributed by atoms with Gasteiger partial charge in [0.15, 0.2) is 5.96 Å². The molecular formula is C13H21N3O2. The minimum absolute atomic E-state index is 0.428. The first-order chi connectivity index (χ1) is 8.76. The lowest BCUT2D eigenvalue weighted by Crippen LogP contribution is -2.22. The molecule has 0 amide bonds. The van der Waals surface area contributed by atoms with Crippen LogP contribution < -0.4 is 15.8 Å². The van der Waals surface area contributed by atoms with Gasteiger partial charge < -0.3 is 20.5 Å². The van der Waals surface area contributed by atoms with E-state index in [1.54, 1.807) is 14.2 Å². The van der Waals surface area contributed by atoms with E-state index < -0.39 is 0 Å². The van der Waals surface area contributed by atoms with Crippen molar-refractivity contribution in [2.24, 2.45) is 10.7 Å². The van der Waals surface area contributed by atoms with E-state index in [2.05, 4.69) is 10.3 Å². The smallest absolute Gasteiger partial charge is 0.193 e. The van der Waals surface area contributed by atoms with Gasteiger partial charge in [0.05, 0.1) is 7.11 Å². The molecular weight excluding hydrogens is 230 g/mol. The molecule has 0 aliphatic heterocycles. The van der Waals surface area contributed by atoms with E-state index in [0.717, 1.165) is 30.9 Å². The maximum atomic E-state index is 5.77. The third-order valence-corrected chi connectivity index (χ3v) is 2.40. The molecule has 3 N–H and O–H groups in total. The maximum absolute atomic E-state index is 5.77. The van der Waals surface area contributed by atoms with Gasteiger partial charge in [0.2, 0.25) is 0 Å². The fourth-order valence-electron chi connectivity index (χ4n) is 1.42. The third kappa shape index (κ3) is 5.54. The topological polar surface area (TPSA) is 68.9 Å². The molecule has 0 saturated carbocycles. The number of ether oxygens (including phenoxy) is 2. The number of guanidine groups is 1. The Morgan fingerprint density at radius 1 is 1.22 bits per heavy atom. The van der Waals surface area contributed by atoms with E-state index >= 15 is 0 Å². The fourth-order valence-corrected chi connectivity index (χ4v) is 1.42. The molecule has 0 aliphatic rings. The summed E-state index contributed by atoms with van der Waals surface area (Å²) in [5, 5.41) is 3.03. The fraction of sp³-hybridized carbons (Fsp3) is 0.462. The average Bonchev–Trinajstić information content (AvgIpc) is 2.39. The Kier molecular flexibility index (Phi) is 6.64. The largest absolute Gasteiger partial charge is 0.497 e. The number of hydrogen-bond donors (Lipinski definition) is 2. The molecule has 0 aromatic heterocycles. The van der Waals surface area contributed by atoms with E-state index in [1.807, 2.05) is 24.3 Å². The third-order valence-electron chi connectivity index (χ3n) is 2.40. The summed E-state index contributed by atoms with van der Waals surface area (Å²) in [5.41, 5.74) is 6.66. The van der Waals surface area contributed by atoms with Gasteiger partial charge in [-0.2, -0.15) is 0 Å². The Labute approximate surface area is 108 Å². The molecule has 0 atom stereocenters. The lowest BCUT2D eigenvalue weighted by Gasteiger charge is -2.06. The highest BCUT2D eigenvalue weighted by Crippen LogP contribution is 2.14. The highest BCUT2D eigenvalue weighted by Gasteiger charge is 1.96. The number of nitrogens with one attached hydrogen (secondary N) is 1. The Balaban J connectivity index is 2.33. The molecule has 1 rings (SSSR count). The van der Waals surface area contributed by atoms with Crippen molar-refractivity contribution in [3.63, 3.8) is 0 Å². The Morgan fingerprint density at radius 2 is 1.94 bits per heavy atom. The molecule has 0 spiro atoms. The standard InChI is InChI=1S/C13H21N3O2/c1-17-10-4-3-9-15-13(14)16-11-5-7-12(18-2)8-6-11/h5-8H,3-4,9-10H2,1-2H3,(H3,14,15,16). The van der Waals surface area contributed by atoms with Crippen LogP contribution >= 0.6 is 0 Å². The predicted molar refractivity (Wildman–Crippen MR) is 74.2 cm³/mol. The lowest BCUT2D eigenvalue weighted by molar-refractivity contribution is 0.193. The molecule has 5 nitrogen and oxygen atoms in total. The van der Waals surface area contributed by atoms with Gasteiger partial charge in [-0.3, -0.25) is 4.99 Å². The summed E-state index contributed by atoms with van der Waals surface area (Å²) < 4.78 is 10.0. The van der Waals surface area contributed by atoms with E-state index in [4.69, 9.17) is 15.2 Å². The monoisotopic (exact) mass is 251 g/mol. The zero-order valence-electron chi connectivity index (χ0n) is 11.0. The van der Waals surface area contributed by atoms with Crippen LogP contribution in [0.1, 0.15) is 12.8 Å². The zero-order chi connectivity index (χ0) is 13.2. The van der Waals surface area contributed by atoms with Crippen LogP contribution in [0, 0.1) is 0 Å². The number of nitrogens with two attached hydrogens (primary N) is 1. The second-order valence-corrected chi connectivity index (χ2v) is 3.82. The van der Waals surface area contributed by atoms with Gasteiger partial charge >= 0.3 is 0 Å². The first kappa shape index (κ1) is 14.3. The number of benzene rings is 1. The number of unbranched alkanes of at least 4 members (excludes halogenated alkanes) is 1. The van der Waals surface area contributed by atoms with Crippen molar-refractivity contribution in [2.45, 2.75) is 12.8 Å². The van der Waals surface area contributed by atoms with Gasteiger partial charge in [0, 0.05) is 25.9 Å². The van der Waals surface area contributed by atoms with Crippen LogP contribution in [0.5, 0.6) is 5.75 Å². The van der Waals surface area contributed by atoms with Gasteiger partial charge in [-0.15, -0.1) is 0 Å². The summed E-state index contributed by atoms with van der Waals surface area (Å²) in [6.07, 6.45) is 1.97. The van der Waals surface area contributed by atoms with Crippen LogP contribution in [-0.4, -0.2) is 33.3 Å². The van der Waals surface area contributed by atoms with Gasteiger partial charge in [-0.25, -0.2) is 0 Å². The molecule has 18 heavy (non-hydrogen) atoms. The molecule has 0 unspecified atom stereocenters. The van der Waals surface area contributed by atoms with E-state index in [9.17, 15) is 0 Å². The van der Waals surface area contributed by atoms with Crippen LogP contribution in [0.3, 0.4) is 0 Å². The van der Waals surface area contributed by atoms with Gasteiger partial charge in [0.1, 0.15) is 5.75 Å². The van der Waals surface area contributed by atoms with E-state index in [-0.39, 0.29) is 0 Å². The van der Waals surface area contributed by atoms with Crippen LogP contribution in [0.25, 0.3) is 0 Å². The Hall–Kier alpha value is -1.75. The number of aliphatic imine (C=N–C) groups is 1. The van der Waals surface area contributed by atoms with Crippen molar-refractivity contribution in [1.29, 1.82) is 0 Å². The highest BCUT2D eigenvalue weighted by molar-refractivity contribution is 5.92. The zero-order valence-corrected chi connectivity index (χ0v) is 11.0.